The summed E-state index contributed by atoms with van der Waals surface area (Å²) in [5.41, 5.74) is 18.1. The second-order valence-corrected chi connectivity index (χ2v) is 21.1. The van der Waals surface area contributed by atoms with Crippen LogP contribution in [0.5, 0.6) is 0 Å². The Morgan fingerprint density at radius 1 is 0.579 bits per heavy atom. The van der Waals surface area contributed by atoms with Crippen LogP contribution in [0.3, 0.4) is 0 Å². The summed E-state index contributed by atoms with van der Waals surface area (Å²) in [6, 6.07) is 34.2. The van der Waals surface area contributed by atoms with Gasteiger partial charge in [-0.25, -0.2) is 0 Å². The molecule has 23 heteroatoms. The number of nitrogens with one attached hydrogen (secondary N) is 2. The first-order valence-electron chi connectivity index (χ1n) is 24.4. The van der Waals surface area contributed by atoms with Crippen LogP contribution in [0.25, 0.3) is 0 Å². The molecule has 0 saturated carbocycles. The number of nitrogens with two attached hydrogens (primary N) is 1. The lowest BCUT2D eigenvalue weighted by Gasteiger charge is -2.10. The van der Waals surface area contributed by atoms with E-state index in [1.807, 2.05) is 36.4 Å². The second-order valence-electron chi connectivity index (χ2n) is 17.8. The SMILES string of the molecule is CN1CCc2ccc(N)cc2CC1.CS(=O)(=O)OCCc1ccccc1CCOS(C)(=O)=O.O=C(O)Cc1ccccc1CC(=O)O.O=[N+]([O-])O.O=[N+]([O-])c1ccc2c(c1)CCNCC2.c1ccc2c(c1)CCNCC2. The Morgan fingerprint density at radius 3 is 1.36 bits per heavy atom. The fourth-order valence-corrected chi connectivity index (χ4v) is 8.90. The zero-order valence-corrected chi connectivity index (χ0v) is 44.7. The number of benzene rings is 5. The molecule has 5 aromatic rings. The van der Waals surface area contributed by atoms with Gasteiger partial charge in [0.05, 0.1) is 43.5 Å². The van der Waals surface area contributed by atoms with Gasteiger partial charge in [-0.15, -0.1) is 10.1 Å². The molecule has 0 bridgehead atoms. The predicted molar refractivity (Wildman–Crippen MR) is 289 cm³/mol. The molecule has 414 valence electrons. The molecule has 0 atom stereocenters. The molecule has 8 rings (SSSR count). The number of carboxylic acid groups (broad SMARTS) is 2. The van der Waals surface area contributed by atoms with Crippen LogP contribution in [0.15, 0.2) is 109 Å². The number of aliphatic carboxylic acids is 2. The summed E-state index contributed by atoms with van der Waals surface area (Å²) < 4.78 is 52.9. The lowest BCUT2D eigenvalue weighted by Crippen LogP contribution is -2.20. The van der Waals surface area contributed by atoms with Crippen molar-refractivity contribution in [2.24, 2.45) is 0 Å². The van der Waals surface area contributed by atoms with Crippen LogP contribution < -0.4 is 16.4 Å². The molecule has 0 fully saturated rings. The molecule has 7 N–H and O–H groups in total. The molecule has 3 aliphatic rings. The molecule has 3 aliphatic heterocycles. The average molecular weight is 1100 g/mol. The molecular weight excluding hydrogens is 1020 g/mol. The van der Waals surface area contributed by atoms with Gasteiger partial charge in [0.2, 0.25) is 0 Å². The minimum Gasteiger partial charge on any atom is -0.481 e. The Hall–Kier alpha value is -6.86. The van der Waals surface area contributed by atoms with Crippen molar-refractivity contribution in [3.8, 4) is 0 Å². The van der Waals surface area contributed by atoms with Crippen molar-refractivity contribution in [3.05, 3.63) is 185 Å². The van der Waals surface area contributed by atoms with Crippen LogP contribution in [0, 0.1) is 20.2 Å². The van der Waals surface area contributed by atoms with Gasteiger partial charge in [-0.3, -0.25) is 28.1 Å². The van der Waals surface area contributed by atoms with Gasteiger partial charge < -0.3 is 36.7 Å². The van der Waals surface area contributed by atoms with Crippen LogP contribution in [0.4, 0.5) is 11.4 Å². The quantitative estimate of drug-likeness (QED) is 0.0378. The first-order chi connectivity index (χ1) is 36.0. The second kappa shape index (κ2) is 33.2. The zero-order valence-electron chi connectivity index (χ0n) is 43.1. The van der Waals surface area contributed by atoms with E-state index in [4.69, 9.17) is 39.6 Å². The van der Waals surface area contributed by atoms with E-state index in [1.165, 1.54) is 40.7 Å². The Morgan fingerprint density at radius 2 is 0.934 bits per heavy atom. The molecular formula is C53H70N6O15S2. The minimum atomic E-state index is -3.45. The molecule has 0 amide bonds. The summed E-state index contributed by atoms with van der Waals surface area (Å²) in [6.07, 6.45) is 9.12. The number of nitrogens with zero attached hydrogens (tertiary/aromatic N) is 3. The molecule has 0 aromatic heterocycles. The van der Waals surface area contributed by atoms with Crippen molar-refractivity contribution in [1.29, 1.82) is 0 Å². The van der Waals surface area contributed by atoms with Crippen LogP contribution >= 0.6 is 0 Å². The minimum absolute atomic E-state index is 0.0583. The number of nitro groups is 1. The number of nitro benzene ring substituents is 1. The summed E-state index contributed by atoms with van der Waals surface area (Å²) in [5, 5.41) is 48.0. The monoisotopic (exact) mass is 1090 g/mol. The highest BCUT2D eigenvalue weighted by atomic mass is 32.2. The van der Waals surface area contributed by atoms with Gasteiger partial charge in [-0.2, -0.15) is 16.8 Å². The van der Waals surface area contributed by atoms with Gasteiger partial charge in [0.25, 0.3) is 31.0 Å². The third kappa shape index (κ3) is 27.1. The number of hydrogen-bond donors (Lipinski definition) is 6. The van der Waals surface area contributed by atoms with Crippen molar-refractivity contribution in [2.45, 2.75) is 64.2 Å². The number of rotatable bonds is 13. The molecule has 0 aliphatic carbocycles. The lowest BCUT2D eigenvalue weighted by atomic mass is 10.0. The number of non-ortho nitro benzene ring substituents is 1. The van der Waals surface area contributed by atoms with E-state index >= 15 is 0 Å². The maximum absolute atomic E-state index is 10.9. The third-order valence-corrected chi connectivity index (χ3v) is 13.0. The van der Waals surface area contributed by atoms with E-state index in [-0.39, 0.29) is 36.7 Å². The lowest BCUT2D eigenvalue weighted by molar-refractivity contribution is -0.742. The molecule has 0 saturated heterocycles. The van der Waals surface area contributed by atoms with Gasteiger partial charge >= 0.3 is 11.9 Å². The summed E-state index contributed by atoms with van der Waals surface area (Å²) in [4.78, 5) is 41.9. The fourth-order valence-electron chi connectivity index (χ4n) is 8.13. The van der Waals surface area contributed by atoms with Gasteiger partial charge in [0.1, 0.15) is 0 Å². The van der Waals surface area contributed by atoms with Gasteiger partial charge in [-0.1, -0.05) is 84.9 Å². The first kappa shape index (κ1) is 63.4. The van der Waals surface area contributed by atoms with Crippen molar-refractivity contribution in [2.75, 3.05) is 77.8 Å². The number of nitrogen functional groups attached to an aromatic ring is 1. The first-order valence-corrected chi connectivity index (χ1v) is 28.0. The van der Waals surface area contributed by atoms with E-state index in [2.05, 4.69) is 59.0 Å². The highest BCUT2D eigenvalue weighted by molar-refractivity contribution is 7.86. The van der Waals surface area contributed by atoms with Crippen molar-refractivity contribution in [3.63, 3.8) is 0 Å². The maximum Gasteiger partial charge on any atom is 0.307 e. The van der Waals surface area contributed by atoms with E-state index in [1.54, 1.807) is 36.4 Å². The fraction of sp³-hybridized carbons (Fsp3) is 0.396. The average Bonchev–Trinajstić information content (AvgIpc) is 3.82. The van der Waals surface area contributed by atoms with E-state index < -0.39 is 37.3 Å². The number of anilines is 1. The Kier molecular flexibility index (Phi) is 27.7. The summed E-state index contributed by atoms with van der Waals surface area (Å²) in [7, 11) is -4.72. The van der Waals surface area contributed by atoms with Gasteiger partial charge in [-0.05, 0) is 152 Å². The van der Waals surface area contributed by atoms with Crippen molar-refractivity contribution < 1.29 is 60.2 Å². The normalized spacial score (nSPS) is 13.8. The van der Waals surface area contributed by atoms with Crippen molar-refractivity contribution >= 4 is 43.5 Å². The number of carboxylic acids is 2. The zero-order chi connectivity index (χ0) is 56.1. The van der Waals surface area contributed by atoms with E-state index in [9.17, 15) is 36.5 Å². The van der Waals surface area contributed by atoms with Crippen LogP contribution in [0.1, 0.15) is 55.6 Å². The number of fused-ring (bicyclic) bond motifs is 3. The largest absolute Gasteiger partial charge is 0.481 e. The molecule has 0 unspecified atom stereocenters. The van der Waals surface area contributed by atoms with E-state index in [0.29, 0.717) is 24.0 Å². The third-order valence-electron chi connectivity index (χ3n) is 11.8. The van der Waals surface area contributed by atoms with Crippen LogP contribution in [-0.4, -0.2) is 131 Å². The molecule has 21 nitrogen and oxygen atoms in total. The van der Waals surface area contributed by atoms with E-state index in [0.717, 1.165) is 99.8 Å². The predicted octanol–water partition coefficient (Wildman–Crippen LogP) is 5.27. The van der Waals surface area contributed by atoms with Crippen LogP contribution in [-0.2, 0) is 102 Å². The summed E-state index contributed by atoms with van der Waals surface area (Å²) >= 11 is 0. The number of likely N-dealkylation sites (N-methyl/N-ethyl adjacent to an activating group) is 1. The Balaban J connectivity index is 0.000000248. The number of carbonyl (C=O) groups is 2. The Bertz CT molecular complexity index is 2770. The van der Waals surface area contributed by atoms with Gasteiger partial charge in [0, 0.05) is 30.9 Å². The molecule has 76 heavy (non-hydrogen) atoms. The van der Waals surface area contributed by atoms with Crippen molar-refractivity contribution in [1.82, 2.24) is 15.5 Å². The standard InChI is InChI=1S/C12H18O6S2.C11H16N2.C10H12N2O2.C10H13N.C10H10O4.HNO3/c1-19(13,14)17-9-7-11-5-3-4-6-12(11)8-10-18-20(2,15)16;1-13-6-4-9-2-3-11(12)8-10(9)5-7-13;13-12(14)10-2-1-8-3-5-11-6-4-9(8)7-10;1-2-4-10-6-8-11-7-5-9(10)3-1;11-9(12)5-7-3-1-2-4-8(7)6-10(13)14;2-1(3)4/h3-6H,7-10H2,1-2H3;2-3,8H,4-7,12H2,1H3;1-2,7,11H,3-6H2;1-4,11H,5-8H2;1-4H,5-6H2,(H,11,12)(H,13,14);(H,2,3,4). The summed E-state index contributed by atoms with van der Waals surface area (Å²) in [6.45, 7) is 6.58. The topological polar surface area (TPSA) is 321 Å². The highest BCUT2D eigenvalue weighted by Crippen LogP contribution is 2.21. The maximum atomic E-state index is 10.9. The molecule has 0 radical (unpaired) electrons. The van der Waals surface area contributed by atoms with Gasteiger partial charge in [0.15, 0.2) is 0 Å². The smallest absolute Gasteiger partial charge is 0.307 e. The van der Waals surface area contributed by atoms with Crippen LogP contribution in [0.2, 0.25) is 0 Å². The molecule has 3 heterocycles. The Labute approximate surface area is 444 Å². The highest BCUT2D eigenvalue weighted by Gasteiger charge is 2.14. The number of hydrogen-bond acceptors (Lipinski definition) is 16. The molecule has 0 spiro atoms. The molecule has 5 aromatic carbocycles. The summed E-state index contributed by atoms with van der Waals surface area (Å²) in [5.74, 6) is -1.91.